The molecule has 2 saturated heterocycles. The normalized spacial score (nSPS) is 48.2. The molecule has 19 nitrogen and oxygen atoms in total. The second kappa shape index (κ2) is 13.8. The van der Waals surface area contributed by atoms with Crippen molar-refractivity contribution in [3.63, 3.8) is 0 Å². The SMILES string of the molecule is NCC1O[C@@H](O[C@H]2[C@H](O)[C@@H](O[C@H]3OC(CO)[C@@H](O)[C@@H](N)C3O)[C@H](N)C[C@@H]2N)C(O)[C@H](O)[C@@H]1O.O=S(=O)(O)O. The van der Waals surface area contributed by atoms with E-state index in [1.807, 2.05) is 0 Å². The van der Waals surface area contributed by atoms with Gasteiger partial charge in [-0.15, -0.1) is 0 Å². The molecule has 1 saturated carbocycles. The molecular weight excluding hydrogens is 544 g/mol. The van der Waals surface area contributed by atoms with Gasteiger partial charge in [-0.3, -0.25) is 9.11 Å². The van der Waals surface area contributed by atoms with Crippen molar-refractivity contribution < 1.29 is 72.2 Å². The molecule has 4 unspecified atom stereocenters. The van der Waals surface area contributed by atoms with Crippen LogP contribution in [-0.4, -0.2) is 158 Å². The van der Waals surface area contributed by atoms with E-state index in [1.54, 1.807) is 0 Å². The Bertz CT molecular complexity index is 783. The second-order valence-electron chi connectivity index (χ2n) is 9.24. The highest BCUT2D eigenvalue weighted by molar-refractivity contribution is 7.79. The molecule has 0 amide bonds. The van der Waals surface area contributed by atoms with Crippen LogP contribution >= 0.6 is 0 Å². The first-order chi connectivity index (χ1) is 17.5. The van der Waals surface area contributed by atoms with E-state index < -0.39 is 109 Å². The van der Waals surface area contributed by atoms with E-state index >= 15 is 0 Å². The molecule has 0 bridgehead atoms. The Morgan fingerprint density at radius 2 is 1.16 bits per heavy atom. The summed E-state index contributed by atoms with van der Waals surface area (Å²) in [4.78, 5) is 0. The molecule has 3 fully saturated rings. The first-order valence-corrected chi connectivity index (χ1v) is 12.9. The molecule has 38 heavy (non-hydrogen) atoms. The van der Waals surface area contributed by atoms with E-state index in [1.165, 1.54) is 0 Å². The smallest absolute Gasteiger partial charge is 0.394 e. The topological polar surface area (TPSA) is 357 Å². The summed E-state index contributed by atoms with van der Waals surface area (Å²) in [6, 6.07) is -2.86. The molecule has 17 N–H and O–H groups in total. The highest BCUT2D eigenvalue weighted by atomic mass is 32.3. The minimum Gasteiger partial charge on any atom is -0.394 e. The van der Waals surface area contributed by atoms with Crippen LogP contribution in [0.4, 0.5) is 0 Å². The highest BCUT2D eigenvalue weighted by Crippen LogP contribution is 2.31. The zero-order chi connectivity index (χ0) is 29.1. The molecule has 15 atom stereocenters. The van der Waals surface area contributed by atoms with Crippen molar-refractivity contribution >= 4 is 10.4 Å². The third-order valence-corrected chi connectivity index (χ3v) is 6.48. The number of ether oxygens (including phenoxy) is 4. The average molecular weight is 583 g/mol. The fourth-order valence-electron chi connectivity index (χ4n) is 4.40. The summed E-state index contributed by atoms with van der Waals surface area (Å²) >= 11 is 0. The van der Waals surface area contributed by atoms with Crippen molar-refractivity contribution in [2.75, 3.05) is 13.2 Å². The summed E-state index contributed by atoms with van der Waals surface area (Å²) in [5.74, 6) is 0. The maximum absolute atomic E-state index is 10.9. The zero-order valence-electron chi connectivity index (χ0n) is 20.0. The van der Waals surface area contributed by atoms with Gasteiger partial charge in [-0.05, 0) is 6.42 Å². The standard InChI is InChI=1S/C18H36N4O11.H2O4S/c19-2-6-10(25)12(27)13(28)18(30-6)33-16-5(21)1-4(20)15(14(16)29)32-17-11(26)8(22)9(24)7(3-23)31-17;1-5(2,3)4/h4-18,23-29H,1-3,19-22H2;(H2,1,2,3,4)/t4-,5+,6?,7?,8-,9-,10-,11?,12-,13?,14-,15+,16-,17-,18+;/m1./s1. The van der Waals surface area contributed by atoms with Gasteiger partial charge in [0.05, 0.1) is 12.6 Å². The molecule has 0 radical (unpaired) electrons. The third-order valence-electron chi connectivity index (χ3n) is 6.48. The van der Waals surface area contributed by atoms with Gasteiger partial charge in [0.1, 0.15) is 61.0 Å². The van der Waals surface area contributed by atoms with E-state index in [0.29, 0.717) is 0 Å². The van der Waals surface area contributed by atoms with Crippen molar-refractivity contribution in [2.24, 2.45) is 22.9 Å². The van der Waals surface area contributed by atoms with Crippen LogP contribution < -0.4 is 22.9 Å². The Morgan fingerprint density at radius 3 is 1.61 bits per heavy atom. The summed E-state index contributed by atoms with van der Waals surface area (Å²) < 4.78 is 53.8. The van der Waals surface area contributed by atoms with Gasteiger partial charge < -0.3 is 77.6 Å². The Balaban J connectivity index is 0.000000926. The molecule has 2 aliphatic heterocycles. The van der Waals surface area contributed by atoms with E-state index in [-0.39, 0.29) is 13.0 Å². The summed E-state index contributed by atoms with van der Waals surface area (Å²) in [5, 5.41) is 70.9. The van der Waals surface area contributed by atoms with E-state index in [9.17, 15) is 35.7 Å². The molecule has 226 valence electrons. The van der Waals surface area contributed by atoms with Crippen molar-refractivity contribution in [1.82, 2.24) is 0 Å². The predicted octanol–water partition coefficient (Wildman–Crippen LogP) is -7.94. The molecule has 3 rings (SSSR count). The fourth-order valence-corrected chi connectivity index (χ4v) is 4.40. The monoisotopic (exact) mass is 582 g/mol. The number of aliphatic hydroxyl groups is 7. The number of aliphatic hydroxyl groups excluding tert-OH is 7. The maximum Gasteiger partial charge on any atom is 0.394 e. The molecule has 0 spiro atoms. The zero-order valence-corrected chi connectivity index (χ0v) is 20.8. The third kappa shape index (κ3) is 8.15. The summed E-state index contributed by atoms with van der Waals surface area (Å²) in [7, 11) is -4.67. The van der Waals surface area contributed by atoms with Crippen LogP contribution in [0.25, 0.3) is 0 Å². The summed E-state index contributed by atoms with van der Waals surface area (Å²) in [6.07, 6.45) is -16.5. The van der Waals surface area contributed by atoms with Gasteiger partial charge in [-0.2, -0.15) is 8.42 Å². The van der Waals surface area contributed by atoms with Gasteiger partial charge in [-0.25, -0.2) is 0 Å². The molecule has 3 aliphatic rings. The molecule has 0 aromatic heterocycles. The van der Waals surface area contributed by atoms with Crippen LogP contribution in [0.1, 0.15) is 6.42 Å². The van der Waals surface area contributed by atoms with Gasteiger partial charge in [-0.1, -0.05) is 0 Å². The van der Waals surface area contributed by atoms with Gasteiger partial charge in [0.25, 0.3) is 0 Å². The van der Waals surface area contributed by atoms with Gasteiger partial charge >= 0.3 is 10.4 Å². The van der Waals surface area contributed by atoms with Crippen LogP contribution in [0, 0.1) is 0 Å². The van der Waals surface area contributed by atoms with Crippen LogP contribution in [-0.2, 0) is 29.3 Å². The second-order valence-corrected chi connectivity index (χ2v) is 10.1. The van der Waals surface area contributed by atoms with Crippen molar-refractivity contribution in [2.45, 2.75) is 98.2 Å². The minimum atomic E-state index is -4.67. The highest BCUT2D eigenvalue weighted by Gasteiger charge is 2.51. The van der Waals surface area contributed by atoms with Crippen LogP contribution in [0.5, 0.6) is 0 Å². The van der Waals surface area contributed by atoms with Crippen LogP contribution in [0.15, 0.2) is 0 Å². The lowest BCUT2D eigenvalue weighted by molar-refractivity contribution is -0.332. The number of hydrogen-bond acceptors (Lipinski definition) is 17. The number of hydrogen-bond donors (Lipinski definition) is 13. The quantitative estimate of drug-likeness (QED) is 0.129. The Labute approximate surface area is 217 Å². The molecule has 1 aliphatic carbocycles. The summed E-state index contributed by atoms with van der Waals surface area (Å²) in [6.45, 7) is -0.763. The minimum absolute atomic E-state index is 0.0849. The van der Waals surface area contributed by atoms with E-state index in [4.69, 9.17) is 59.4 Å². The van der Waals surface area contributed by atoms with Crippen molar-refractivity contribution in [1.29, 1.82) is 0 Å². The first kappa shape index (κ1) is 33.5. The Hall–Kier alpha value is -0.730. The summed E-state index contributed by atoms with van der Waals surface area (Å²) in [5.41, 5.74) is 23.5. The largest absolute Gasteiger partial charge is 0.394 e. The van der Waals surface area contributed by atoms with Crippen LogP contribution in [0.2, 0.25) is 0 Å². The van der Waals surface area contributed by atoms with E-state index in [2.05, 4.69) is 0 Å². The lowest BCUT2D eigenvalue weighted by atomic mass is 9.84. The van der Waals surface area contributed by atoms with Crippen molar-refractivity contribution in [3.8, 4) is 0 Å². The lowest BCUT2D eigenvalue weighted by Crippen LogP contribution is -2.68. The molecule has 2 heterocycles. The van der Waals surface area contributed by atoms with Gasteiger partial charge in [0, 0.05) is 18.6 Å². The average Bonchev–Trinajstić information content (AvgIpc) is 2.83. The van der Waals surface area contributed by atoms with Crippen LogP contribution in [0.3, 0.4) is 0 Å². The van der Waals surface area contributed by atoms with E-state index in [0.717, 1.165) is 0 Å². The molecule has 20 heteroatoms. The maximum atomic E-state index is 10.9. The Kier molecular flexibility index (Phi) is 12.1. The number of nitrogens with two attached hydrogens (primary N) is 4. The Morgan fingerprint density at radius 1 is 0.711 bits per heavy atom. The van der Waals surface area contributed by atoms with Gasteiger partial charge in [0.15, 0.2) is 12.6 Å². The van der Waals surface area contributed by atoms with Gasteiger partial charge in [0.2, 0.25) is 0 Å². The van der Waals surface area contributed by atoms with Crippen molar-refractivity contribution in [3.05, 3.63) is 0 Å². The first-order valence-electron chi connectivity index (χ1n) is 11.5. The molecule has 0 aromatic carbocycles. The number of rotatable bonds is 6. The fraction of sp³-hybridized carbons (Fsp3) is 1.00. The predicted molar refractivity (Wildman–Crippen MR) is 122 cm³/mol. The molecular formula is C18H38N4O15S. The molecule has 0 aromatic rings. The lowest BCUT2D eigenvalue weighted by Gasteiger charge is -2.48.